The molecule has 3 nitrogen and oxygen atoms in total. The third-order valence-corrected chi connectivity index (χ3v) is 0.639. The van der Waals surface area contributed by atoms with E-state index in [4.69, 9.17) is 0 Å². The van der Waals surface area contributed by atoms with Crippen LogP contribution < -0.4 is 5.43 Å². The van der Waals surface area contributed by atoms with Gasteiger partial charge in [0.05, 0.1) is 5.70 Å². The molecule has 0 radical (unpaired) electrons. The van der Waals surface area contributed by atoms with Crippen LogP contribution in [0.5, 0.6) is 0 Å². The Hall–Kier alpha value is -1.12. The van der Waals surface area contributed by atoms with Crippen LogP contribution in [0.4, 0.5) is 0 Å². The Morgan fingerprint density at radius 2 is 2.25 bits per heavy atom. The first-order valence-corrected chi connectivity index (χ1v) is 2.10. The monoisotopic (exact) mass is 112 g/mol. The van der Waals surface area contributed by atoms with Gasteiger partial charge in [0.1, 0.15) is 0 Å². The molecule has 0 bridgehead atoms. The van der Waals surface area contributed by atoms with Gasteiger partial charge in [0, 0.05) is 13.6 Å². The van der Waals surface area contributed by atoms with Crippen molar-refractivity contribution in [2.75, 3.05) is 0 Å². The molecule has 1 N–H and O–H groups in total. The highest BCUT2D eigenvalue weighted by Crippen LogP contribution is 1.82. The normalized spacial score (nSPS) is 7.62. The van der Waals surface area contributed by atoms with Crippen molar-refractivity contribution in [3.63, 3.8) is 0 Å². The van der Waals surface area contributed by atoms with Gasteiger partial charge < -0.3 is 0 Å². The Morgan fingerprint density at radius 3 is 2.38 bits per heavy atom. The SMILES string of the molecule is C=NNC(=C)C(C)=O. The molecule has 0 unspecified atom stereocenters. The third kappa shape index (κ3) is 2.12. The molecule has 0 aromatic carbocycles. The van der Waals surface area contributed by atoms with Crippen LogP contribution in [0.3, 0.4) is 0 Å². The maximum absolute atomic E-state index is 10.3. The van der Waals surface area contributed by atoms with Crippen LogP contribution in [0.15, 0.2) is 17.4 Å². The Bertz CT molecular complexity index is 128. The van der Waals surface area contributed by atoms with Crippen molar-refractivity contribution < 1.29 is 4.79 Å². The molecule has 0 aliphatic rings. The molecule has 0 aromatic heterocycles. The molecule has 3 heteroatoms. The third-order valence-electron chi connectivity index (χ3n) is 0.639. The lowest BCUT2D eigenvalue weighted by molar-refractivity contribution is -0.113. The Balaban J connectivity index is 3.65. The van der Waals surface area contributed by atoms with E-state index in [2.05, 4.69) is 23.8 Å². The second-order valence-electron chi connectivity index (χ2n) is 1.30. The van der Waals surface area contributed by atoms with E-state index in [1.807, 2.05) is 0 Å². The van der Waals surface area contributed by atoms with Crippen LogP contribution in [0.2, 0.25) is 0 Å². The van der Waals surface area contributed by atoms with E-state index >= 15 is 0 Å². The molecule has 0 saturated carbocycles. The molecule has 0 heterocycles. The maximum Gasteiger partial charge on any atom is 0.176 e. The number of hydrogen-bond donors (Lipinski definition) is 1. The molecule has 44 valence electrons. The molecule has 0 aliphatic carbocycles. The van der Waals surface area contributed by atoms with Crippen molar-refractivity contribution >= 4 is 12.5 Å². The molecule has 0 aromatic rings. The smallest absolute Gasteiger partial charge is 0.176 e. The zero-order valence-electron chi connectivity index (χ0n) is 4.77. The zero-order chi connectivity index (χ0) is 6.57. The predicted octanol–water partition coefficient (Wildman–Crippen LogP) is 0.294. The van der Waals surface area contributed by atoms with E-state index in [1.165, 1.54) is 6.92 Å². The molecular weight excluding hydrogens is 104 g/mol. The van der Waals surface area contributed by atoms with E-state index in [0.717, 1.165) is 0 Å². The van der Waals surface area contributed by atoms with E-state index in [9.17, 15) is 4.79 Å². The minimum absolute atomic E-state index is 0.127. The van der Waals surface area contributed by atoms with Crippen molar-refractivity contribution in [1.82, 2.24) is 5.43 Å². The largest absolute Gasteiger partial charge is 0.293 e. The van der Waals surface area contributed by atoms with Gasteiger partial charge >= 0.3 is 0 Å². The number of nitrogens with zero attached hydrogens (tertiary/aromatic N) is 1. The maximum atomic E-state index is 10.3. The average molecular weight is 112 g/mol. The van der Waals surface area contributed by atoms with Crippen LogP contribution in [0.25, 0.3) is 0 Å². The summed E-state index contributed by atoms with van der Waals surface area (Å²) in [7, 11) is 0. The predicted molar refractivity (Wildman–Crippen MR) is 32.5 cm³/mol. The zero-order valence-corrected chi connectivity index (χ0v) is 4.77. The summed E-state index contributed by atoms with van der Waals surface area (Å²) in [5, 5.41) is 3.24. The van der Waals surface area contributed by atoms with Gasteiger partial charge in [-0.05, 0) is 0 Å². The first-order chi connectivity index (χ1) is 3.68. The van der Waals surface area contributed by atoms with E-state index in [-0.39, 0.29) is 11.5 Å². The molecular formula is C5H8N2O. The standard InChI is InChI=1S/C5H8N2O/c1-4(5(2)8)7-6-3/h7H,1,3H2,2H3. The molecule has 0 atom stereocenters. The molecule has 0 aliphatic heterocycles. The second kappa shape index (κ2) is 2.96. The summed E-state index contributed by atoms with van der Waals surface area (Å²) in [6, 6.07) is 0. The van der Waals surface area contributed by atoms with Crippen molar-refractivity contribution in [1.29, 1.82) is 0 Å². The Kier molecular flexibility index (Phi) is 2.54. The quantitative estimate of drug-likeness (QED) is 0.324. The van der Waals surface area contributed by atoms with Gasteiger partial charge in [-0.2, -0.15) is 5.10 Å². The van der Waals surface area contributed by atoms with Crippen LogP contribution >= 0.6 is 0 Å². The lowest BCUT2D eigenvalue weighted by Crippen LogP contribution is -2.09. The van der Waals surface area contributed by atoms with Gasteiger partial charge in [0.15, 0.2) is 5.78 Å². The fraction of sp³-hybridized carbons (Fsp3) is 0.200. The molecule has 0 spiro atoms. The molecule has 0 fully saturated rings. The summed E-state index contributed by atoms with van der Waals surface area (Å²) in [5.41, 5.74) is 2.58. The number of ketones is 1. The topological polar surface area (TPSA) is 41.5 Å². The van der Waals surface area contributed by atoms with Crippen molar-refractivity contribution in [2.45, 2.75) is 6.92 Å². The van der Waals surface area contributed by atoms with Crippen LogP contribution in [-0.2, 0) is 4.79 Å². The van der Waals surface area contributed by atoms with E-state index < -0.39 is 0 Å². The Labute approximate surface area is 48.1 Å². The number of hydrazone groups is 1. The van der Waals surface area contributed by atoms with Gasteiger partial charge in [-0.1, -0.05) is 6.58 Å². The van der Waals surface area contributed by atoms with E-state index in [0.29, 0.717) is 0 Å². The minimum Gasteiger partial charge on any atom is -0.293 e. The second-order valence-corrected chi connectivity index (χ2v) is 1.30. The number of carbonyl (C=O) groups excluding carboxylic acids is 1. The summed E-state index contributed by atoms with van der Waals surface area (Å²) in [4.78, 5) is 10.3. The number of carbonyl (C=O) groups is 1. The van der Waals surface area contributed by atoms with Crippen molar-refractivity contribution in [3.8, 4) is 0 Å². The lowest BCUT2D eigenvalue weighted by Gasteiger charge is -1.94. The molecule has 8 heavy (non-hydrogen) atoms. The lowest BCUT2D eigenvalue weighted by atomic mass is 10.4. The van der Waals surface area contributed by atoms with Gasteiger partial charge in [-0.15, -0.1) is 0 Å². The van der Waals surface area contributed by atoms with Crippen molar-refractivity contribution in [2.24, 2.45) is 5.10 Å². The first-order valence-electron chi connectivity index (χ1n) is 2.10. The molecule has 0 amide bonds. The highest BCUT2D eigenvalue weighted by Gasteiger charge is 1.93. The molecule has 0 rings (SSSR count). The van der Waals surface area contributed by atoms with Gasteiger partial charge in [0.2, 0.25) is 0 Å². The number of nitrogens with one attached hydrogen (secondary N) is 1. The number of rotatable bonds is 3. The number of Topliss-reactive ketones (excluding diaryl/α,β-unsaturated/α-hetero) is 1. The summed E-state index contributed by atoms with van der Waals surface area (Å²) in [6.07, 6.45) is 0. The van der Waals surface area contributed by atoms with Gasteiger partial charge in [-0.3, -0.25) is 10.2 Å². The summed E-state index contributed by atoms with van der Waals surface area (Å²) in [5.74, 6) is -0.127. The highest BCUT2D eigenvalue weighted by molar-refractivity contribution is 5.91. The van der Waals surface area contributed by atoms with Gasteiger partial charge in [0.25, 0.3) is 0 Å². The van der Waals surface area contributed by atoms with Crippen LogP contribution in [0.1, 0.15) is 6.92 Å². The fourth-order valence-corrected chi connectivity index (χ4v) is 0.174. The fourth-order valence-electron chi connectivity index (χ4n) is 0.174. The first kappa shape index (κ1) is 6.88. The van der Waals surface area contributed by atoms with E-state index in [1.54, 1.807) is 0 Å². The average Bonchev–Trinajstić information content (AvgIpc) is 1.67. The summed E-state index contributed by atoms with van der Waals surface area (Å²) < 4.78 is 0. The minimum atomic E-state index is -0.127. The number of allylic oxidation sites excluding steroid dienone is 1. The highest BCUT2D eigenvalue weighted by atomic mass is 16.1. The Morgan fingerprint density at radius 1 is 1.75 bits per heavy atom. The van der Waals surface area contributed by atoms with Crippen molar-refractivity contribution in [3.05, 3.63) is 12.3 Å². The van der Waals surface area contributed by atoms with Crippen LogP contribution in [-0.4, -0.2) is 12.5 Å². The molecule has 0 saturated heterocycles. The number of hydrogen-bond acceptors (Lipinski definition) is 3. The summed E-state index contributed by atoms with van der Waals surface area (Å²) >= 11 is 0. The van der Waals surface area contributed by atoms with Crippen LogP contribution in [0, 0.1) is 0 Å². The summed E-state index contributed by atoms with van der Waals surface area (Å²) in [6.45, 7) is 7.86. The van der Waals surface area contributed by atoms with Gasteiger partial charge in [-0.25, -0.2) is 0 Å².